The summed E-state index contributed by atoms with van der Waals surface area (Å²) in [7, 11) is 3.13. The van der Waals surface area contributed by atoms with Crippen LogP contribution in [0.25, 0.3) is 22.2 Å². The van der Waals surface area contributed by atoms with Crippen LogP contribution in [0.15, 0.2) is 66.0 Å². The van der Waals surface area contributed by atoms with Crippen LogP contribution in [0.4, 0.5) is 8.78 Å². The Balaban J connectivity index is 1.81. The van der Waals surface area contributed by atoms with Gasteiger partial charge in [-0.2, -0.15) is 23.7 Å². The van der Waals surface area contributed by atoms with Crippen LogP contribution in [0.2, 0.25) is 0 Å². The van der Waals surface area contributed by atoms with Crippen LogP contribution in [0.5, 0.6) is 0 Å². The maximum absolute atomic E-state index is 15.1. The fourth-order valence-electron chi connectivity index (χ4n) is 2.97. The summed E-state index contributed by atoms with van der Waals surface area (Å²) in [6.07, 6.45) is 4.78. The summed E-state index contributed by atoms with van der Waals surface area (Å²) in [6.45, 7) is 0. The van der Waals surface area contributed by atoms with Crippen molar-refractivity contribution < 1.29 is 13.6 Å². The van der Waals surface area contributed by atoms with Gasteiger partial charge in [0, 0.05) is 43.0 Å². The van der Waals surface area contributed by atoms with Crippen molar-refractivity contribution in [3.63, 3.8) is 0 Å². The largest absolute Gasteiger partial charge is 0.352 e. The summed E-state index contributed by atoms with van der Waals surface area (Å²) in [4.78, 5) is 20.8. The molecule has 0 atom stereocenters. The van der Waals surface area contributed by atoms with Gasteiger partial charge in [-0.05, 0) is 30.3 Å². The third-order valence-electron chi connectivity index (χ3n) is 4.47. The number of aromatic nitrogens is 5. The highest BCUT2D eigenvalue weighted by atomic mass is 19.3. The molecule has 4 aromatic rings. The van der Waals surface area contributed by atoms with Crippen molar-refractivity contribution in [2.45, 2.75) is 5.92 Å². The van der Waals surface area contributed by atoms with Crippen molar-refractivity contribution in [1.29, 1.82) is 0 Å². The Morgan fingerprint density at radius 1 is 1.17 bits per heavy atom. The molecule has 0 radical (unpaired) electrons. The molecule has 0 saturated heterocycles. The number of alkyl halides is 2. The molecule has 0 aliphatic carbocycles. The molecular weight excluding hydrogens is 378 g/mol. The number of aryl methyl sites for hydroxylation is 1. The molecule has 0 saturated carbocycles. The van der Waals surface area contributed by atoms with Crippen LogP contribution < -0.4 is 5.49 Å². The molecule has 7 nitrogen and oxygen atoms in total. The van der Waals surface area contributed by atoms with Crippen molar-refractivity contribution in [2.24, 2.45) is 12.0 Å². The monoisotopic (exact) mass is 394 g/mol. The first-order valence-corrected chi connectivity index (χ1v) is 8.70. The fraction of sp³-hybridized carbons (Fsp3) is 0.150. The minimum absolute atomic E-state index is 0.0183. The van der Waals surface area contributed by atoms with Gasteiger partial charge < -0.3 is 0 Å². The van der Waals surface area contributed by atoms with Crippen LogP contribution in [-0.2, 0) is 13.0 Å². The highest BCUT2D eigenvalue weighted by Gasteiger charge is 2.43. The minimum Gasteiger partial charge on any atom is -0.275 e. The fourth-order valence-corrected chi connectivity index (χ4v) is 2.97. The quantitative estimate of drug-likeness (QED) is 0.535. The molecule has 0 spiro atoms. The Bertz CT molecular complexity index is 1290. The third kappa shape index (κ3) is 3.31. The Morgan fingerprint density at radius 3 is 2.72 bits per heavy atom. The summed E-state index contributed by atoms with van der Waals surface area (Å²) < 4.78 is 32.4. The van der Waals surface area contributed by atoms with Crippen molar-refractivity contribution in [3.05, 3.63) is 72.1 Å². The topological polar surface area (TPSA) is 78.0 Å². The zero-order chi connectivity index (χ0) is 20.6. The van der Waals surface area contributed by atoms with Gasteiger partial charge in [0.25, 0.3) is 0 Å². The molecule has 3 aromatic heterocycles. The number of pyridine rings is 1. The molecule has 0 aliphatic heterocycles. The SMILES string of the molecule is C/N=c1\ccc(-c2cnn(C)c2)nn1C(=O)C(F)(F)c1ccc2ncccc2c1. The van der Waals surface area contributed by atoms with E-state index in [-0.39, 0.29) is 5.49 Å². The zero-order valence-electron chi connectivity index (χ0n) is 15.6. The van der Waals surface area contributed by atoms with Crippen LogP contribution >= 0.6 is 0 Å². The Hall–Kier alpha value is -3.75. The highest BCUT2D eigenvalue weighted by molar-refractivity contribution is 5.88. The second-order valence-corrected chi connectivity index (χ2v) is 6.41. The average Bonchev–Trinajstić information content (AvgIpc) is 3.18. The number of benzene rings is 1. The molecule has 0 unspecified atom stereocenters. The van der Waals surface area contributed by atoms with Crippen LogP contribution in [-0.4, -0.2) is 37.5 Å². The lowest BCUT2D eigenvalue weighted by atomic mass is 10.0. The van der Waals surface area contributed by atoms with Crippen LogP contribution in [0, 0.1) is 0 Å². The molecule has 0 amide bonds. The van der Waals surface area contributed by atoms with Crippen LogP contribution in [0.1, 0.15) is 10.4 Å². The maximum Gasteiger partial charge on any atom is 0.352 e. The minimum atomic E-state index is -3.81. The third-order valence-corrected chi connectivity index (χ3v) is 4.47. The van der Waals surface area contributed by atoms with E-state index >= 15 is 8.78 Å². The second kappa shape index (κ2) is 7.01. The first-order chi connectivity index (χ1) is 13.9. The summed E-state index contributed by atoms with van der Waals surface area (Å²) in [6, 6.07) is 10.3. The number of carbonyl (C=O) groups excluding carboxylic acids is 1. The van der Waals surface area contributed by atoms with Crippen molar-refractivity contribution in [1.82, 2.24) is 24.5 Å². The van der Waals surface area contributed by atoms with E-state index < -0.39 is 17.4 Å². The van der Waals surface area contributed by atoms with Gasteiger partial charge in [-0.15, -0.1) is 0 Å². The van der Waals surface area contributed by atoms with Crippen molar-refractivity contribution >= 4 is 16.8 Å². The molecular formula is C20H16F2N6O. The van der Waals surface area contributed by atoms with E-state index in [9.17, 15) is 4.79 Å². The van der Waals surface area contributed by atoms with Crippen LogP contribution in [0.3, 0.4) is 0 Å². The molecule has 1 aromatic carbocycles. The van der Waals surface area contributed by atoms with Crippen molar-refractivity contribution in [3.8, 4) is 11.3 Å². The molecule has 0 aliphatic rings. The van der Waals surface area contributed by atoms with E-state index in [0.29, 0.717) is 26.8 Å². The van der Waals surface area contributed by atoms with E-state index in [1.165, 1.54) is 37.5 Å². The summed E-state index contributed by atoms with van der Waals surface area (Å²) >= 11 is 0. The highest BCUT2D eigenvalue weighted by Crippen LogP contribution is 2.31. The summed E-state index contributed by atoms with van der Waals surface area (Å²) in [5, 5.41) is 8.66. The molecule has 0 bridgehead atoms. The predicted octanol–water partition coefficient (Wildman–Crippen LogP) is 2.79. The molecule has 146 valence electrons. The summed E-state index contributed by atoms with van der Waals surface area (Å²) in [5.41, 5.74) is 1.07. The number of halogens is 2. The zero-order valence-corrected chi connectivity index (χ0v) is 15.6. The van der Waals surface area contributed by atoms with Gasteiger partial charge in [0.15, 0.2) is 5.49 Å². The summed E-state index contributed by atoms with van der Waals surface area (Å²) in [5.74, 6) is -5.30. The Labute approximate surface area is 164 Å². The van der Waals surface area contributed by atoms with E-state index in [1.54, 1.807) is 42.3 Å². The number of hydrogen-bond donors (Lipinski definition) is 0. The molecule has 3 heterocycles. The smallest absolute Gasteiger partial charge is 0.275 e. The molecule has 29 heavy (non-hydrogen) atoms. The van der Waals surface area contributed by atoms with Gasteiger partial charge in [-0.1, -0.05) is 12.1 Å². The Kier molecular flexibility index (Phi) is 4.50. The van der Waals surface area contributed by atoms with Gasteiger partial charge in [-0.3, -0.25) is 19.5 Å². The number of nitrogens with zero attached hydrogens (tertiary/aromatic N) is 6. The first-order valence-electron chi connectivity index (χ1n) is 8.70. The van der Waals surface area contributed by atoms with Gasteiger partial charge in [0.2, 0.25) is 0 Å². The van der Waals surface area contributed by atoms with E-state index in [4.69, 9.17) is 0 Å². The average molecular weight is 394 g/mol. The van der Waals surface area contributed by atoms with Gasteiger partial charge in [0.05, 0.1) is 17.4 Å². The molecule has 0 fully saturated rings. The lowest BCUT2D eigenvalue weighted by Gasteiger charge is -2.17. The van der Waals surface area contributed by atoms with Crippen molar-refractivity contribution in [2.75, 3.05) is 7.05 Å². The number of hydrogen-bond acceptors (Lipinski definition) is 5. The Morgan fingerprint density at radius 2 is 2.00 bits per heavy atom. The van der Waals surface area contributed by atoms with Gasteiger partial charge in [-0.25, -0.2) is 0 Å². The molecule has 0 N–H and O–H groups in total. The number of rotatable bonds is 3. The first kappa shape index (κ1) is 18.6. The maximum atomic E-state index is 15.1. The second-order valence-electron chi connectivity index (χ2n) is 6.41. The number of carbonyl (C=O) groups is 1. The predicted molar refractivity (Wildman–Crippen MR) is 102 cm³/mol. The molecule has 9 heteroatoms. The van der Waals surface area contributed by atoms with Gasteiger partial charge >= 0.3 is 11.8 Å². The van der Waals surface area contributed by atoms with E-state index in [0.717, 1.165) is 0 Å². The number of fused-ring (bicyclic) bond motifs is 1. The lowest BCUT2D eigenvalue weighted by molar-refractivity contribution is -0.00390. The van der Waals surface area contributed by atoms with Gasteiger partial charge in [0.1, 0.15) is 0 Å². The standard InChI is InChI=1S/C20H16F2N6O/c1-23-18-8-7-17(14-11-25-27(2)12-14)26-28(18)19(29)20(21,22)15-5-6-16-13(10-15)4-3-9-24-16/h3-12H,1-2H3/b23-18+. The van der Waals surface area contributed by atoms with E-state index in [2.05, 4.69) is 20.2 Å². The molecule has 4 rings (SSSR count). The van der Waals surface area contributed by atoms with E-state index in [1.807, 2.05) is 0 Å². The lowest BCUT2D eigenvalue weighted by Crippen LogP contribution is -2.39. The normalized spacial score (nSPS) is 12.5.